The van der Waals surface area contributed by atoms with Gasteiger partial charge in [-0.3, -0.25) is 14.5 Å². The Morgan fingerprint density at radius 2 is 1.72 bits per heavy atom. The van der Waals surface area contributed by atoms with E-state index in [0.29, 0.717) is 31.1 Å². The molecule has 2 atom stereocenters. The quantitative estimate of drug-likeness (QED) is 0.626. The van der Waals surface area contributed by atoms with Gasteiger partial charge in [-0.25, -0.2) is 0 Å². The Bertz CT molecular complexity index is 946. The van der Waals surface area contributed by atoms with E-state index in [1.54, 1.807) is 17.0 Å². The van der Waals surface area contributed by atoms with E-state index in [1.807, 2.05) is 18.2 Å². The van der Waals surface area contributed by atoms with E-state index >= 15 is 0 Å². The molecule has 2 amide bonds. The van der Waals surface area contributed by atoms with Crippen LogP contribution in [0.3, 0.4) is 0 Å². The van der Waals surface area contributed by atoms with Crippen LogP contribution in [0.25, 0.3) is 0 Å². The molecular weight excluding hydrogens is 466 g/mol. The molecule has 2 heterocycles. The van der Waals surface area contributed by atoms with Crippen molar-refractivity contribution in [2.75, 3.05) is 13.1 Å². The van der Waals surface area contributed by atoms with Crippen LogP contribution in [-0.4, -0.2) is 46.8 Å². The van der Waals surface area contributed by atoms with E-state index in [0.717, 1.165) is 29.5 Å². The topological polar surface area (TPSA) is 52.7 Å². The zero-order chi connectivity index (χ0) is 22.5. The predicted molar refractivity (Wildman–Crippen MR) is 130 cm³/mol. The summed E-state index contributed by atoms with van der Waals surface area (Å²) < 4.78 is 0.933. The summed E-state index contributed by atoms with van der Waals surface area (Å²) in [4.78, 5) is 30.3. The average Bonchev–Trinajstić information content (AvgIpc) is 3.30. The Balaban J connectivity index is 1.39. The molecule has 2 aliphatic rings. The molecule has 2 aromatic rings. The molecule has 0 radical (unpaired) electrons. The summed E-state index contributed by atoms with van der Waals surface area (Å²) in [6, 6.07) is 15.9. The average molecular weight is 498 g/mol. The summed E-state index contributed by atoms with van der Waals surface area (Å²) in [7, 11) is 0. The normalized spacial score (nSPS) is 21.5. The summed E-state index contributed by atoms with van der Waals surface area (Å²) in [5, 5.41) is 3.12. The lowest BCUT2D eigenvalue weighted by atomic mass is 10.0. The number of carbonyl (C=O) groups is 2. The molecule has 170 valence electrons. The first-order valence-electron chi connectivity index (χ1n) is 11.7. The van der Waals surface area contributed by atoms with Crippen molar-refractivity contribution < 1.29 is 9.59 Å². The van der Waals surface area contributed by atoms with Gasteiger partial charge in [0.25, 0.3) is 5.91 Å². The number of nitrogens with one attached hydrogen (secondary N) is 1. The number of amides is 2. The fourth-order valence-corrected chi connectivity index (χ4v) is 5.10. The van der Waals surface area contributed by atoms with Gasteiger partial charge in [-0.05, 0) is 74.5 Å². The van der Waals surface area contributed by atoms with Crippen LogP contribution in [0.4, 0.5) is 0 Å². The van der Waals surface area contributed by atoms with Crippen molar-refractivity contribution in [3.63, 3.8) is 0 Å². The number of carbonyl (C=O) groups excluding carboxylic acids is 2. The molecule has 6 heteroatoms. The third-order valence-electron chi connectivity index (χ3n) is 6.79. The van der Waals surface area contributed by atoms with Crippen LogP contribution >= 0.6 is 15.9 Å². The monoisotopic (exact) mass is 497 g/mol. The predicted octanol–water partition coefficient (Wildman–Crippen LogP) is 4.74. The van der Waals surface area contributed by atoms with Crippen molar-refractivity contribution in [3.05, 3.63) is 69.7 Å². The minimum atomic E-state index is -0.402. The van der Waals surface area contributed by atoms with Gasteiger partial charge in [0.05, 0.1) is 0 Å². The zero-order valence-electron chi connectivity index (χ0n) is 18.7. The molecule has 0 spiro atoms. The second-order valence-electron chi connectivity index (χ2n) is 8.97. The van der Waals surface area contributed by atoms with E-state index in [1.165, 1.54) is 24.8 Å². The first-order valence-corrected chi connectivity index (χ1v) is 12.5. The van der Waals surface area contributed by atoms with Gasteiger partial charge >= 0.3 is 0 Å². The number of piperidine rings is 1. The highest BCUT2D eigenvalue weighted by molar-refractivity contribution is 9.10. The Labute approximate surface area is 199 Å². The van der Waals surface area contributed by atoms with E-state index in [4.69, 9.17) is 0 Å². The van der Waals surface area contributed by atoms with Crippen LogP contribution in [0.1, 0.15) is 60.5 Å². The molecule has 2 unspecified atom stereocenters. The molecule has 0 aromatic heterocycles. The smallest absolute Gasteiger partial charge is 0.254 e. The SMILES string of the molecule is CC1CCCCN1Cc1ccccc1CNC(=O)C1CCCN1C(=O)c1ccc(Br)cc1. The fourth-order valence-electron chi connectivity index (χ4n) is 4.84. The van der Waals surface area contributed by atoms with Crippen molar-refractivity contribution in [1.29, 1.82) is 0 Å². The number of nitrogens with zero attached hydrogens (tertiary/aromatic N) is 2. The highest BCUT2D eigenvalue weighted by Crippen LogP contribution is 2.23. The Morgan fingerprint density at radius 3 is 2.47 bits per heavy atom. The number of halogens is 1. The molecule has 2 aliphatic heterocycles. The molecule has 1 N–H and O–H groups in total. The summed E-state index contributed by atoms with van der Waals surface area (Å²) in [5.74, 6) is -0.135. The van der Waals surface area contributed by atoms with Gasteiger partial charge in [-0.15, -0.1) is 0 Å². The van der Waals surface area contributed by atoms with Gasteiger partial charge in [0.15, 0.2) is 0 Å². The van der Waals surface area contributed by atoms with Gasteiger partial charge in [-0.2, -0.15) is 0 Å². The van der Waals surface area contributed by atoms with Gasteiger partial charge in [0, 0.05) is 35.7 Å². The maximum Gasteiger partial charge on any atom is 0.254 e. The summed E-state index contributed by atoms with van der Waals surface area (Å²) in [6.07, 6.45) is 5.38. The molecule has 4 rings (SSSR count). The van der Waals surface area contributed by atoms with Crippen molar-refractivity contribution in [1.82, 2.24) is 15.1 Å². The second kappa shape index (κ2) is 10.6. The van der Waals surface area contributed by atoms with E-state index in [-0.39, 0.29) is 11.8 Å². The molecule has 0 aliphatic carbocycles. The second-order valence-corrected chi connectivity index (χ2v) is 9.88. The maximum absolute atomic E-state index is 13.0. The van der Waals surface area contributed by atoms with Crippen LogP contribution in [0.5, 0.6) is 0 Å². The van der Waals surface area contributed by atoms with Crippen LogP contribution in [0.15, 0.2) is 53.0 Å². The lowest BCUT2D eigenvalue weighted by molar-refractivity contribution is -0.125. The molecule has 5 nitrogen and oxygen atoms in total. The van der Waals surface area contributed by atoms with Crippen molar-refractivity contribution in [2.24, 2.45) is 0 Å². The van der Waals surface area contributed by atoms with Crippen molar-refractivity contribution in [3.8, 4) is 0 Å². The van der Waals surface area contributed by atoms with Crippen LogP contribution in [-0.2, 0) is 17.9 Å². The largest absolute Gasteiger partial charge is 0.350 e. The Hall–Kier alpha value is -2.18. The third kappa shape index (κ3) is 5.41. The molecule has 0 bridgehead atoms. The Kier molecular flexibility index (Phi) is 7.63. The fraction of sp³-hybridized carbons (Fsp3) is 0.462. The maximum atomic E-state index is 13.0. The lowest BCUT2D eigenvalue weighted by Gasteiger charge is -2.33. The van der Waals surface area contributed by atoms with Crippen LogP contribution < -0.4 is 5.32 Å². The number of benzene rings is 2. The van der Waals surface area contributed by atoms with E-state index < -0.39 is 6.04 Å². The van der Waals surface area contributed by atoms with E-state index in [9.17, 15) is 9.59 Å². The molecule has 2 fully saturated rings. The van der Waals surface area contributed by atoms with Gasteiger partial charge < -0.3 is 10.2 Å². The van der Waals surface area contributed by atoms with Gasteiger partial charge in [0.2, 0.25) is 5.91 Å². The van der Waals surface area contributed by atoms with Crippen molar-refractivity contribution in [2.45, 2.75) is 64.2 Å². The Morgan fingerprint density at radius 1 is 0.969 bits per heavy atom. The van der Waals surface area contributed by atoms with Crippen LogP contribution in [0, 0.1) is 0 Å². The van der Waals surface area contributed by atoms with Gasteiger partial charge in [0.1, 0.15) is 6.04 Å². The number of rotatable bonds is 6. The lowest BCUT2D eigenvalue weighted by Crippen LogP contribution is -2.45. The molecule has 0 saturated carbocycles. The number of likely N-dealkylation sites (tertiary alicyclic amines) is 2. The minimum absolute atomic E-state index is 0.0610. The van der Waals surface area contributed by atoms with E-state index in [2.05, 4.69) is 51.3 Å². The molecule has 32 heavy (non-hydrogen) atoms. The molecule has 2 saturated heterocycles. The summed E-state index contributed by atoms with van der Waals surface area (Å²) in [6.45, 7) is 5.48. The first-order chi connectivity index (χ1) is 15.5. The minimum Gasteiger partial charge on any atom is -0.350 e. The highest BCUT2D eigenvalue weighted by atomic mass is 79.9. The highest BCUT2D eigenvalue weighted by Gasteiger charge is 2.34. The standard InChI is InChI=1S/C26H32BrN3O2/c1-19-7-4-5-15-29(19)18-22-9-3-2-8-21(22)17-28-25(31)24-10-6-16-30(24)26(32)20-11-13-23(27)14-12-20/h2-3,8-9,11-14,19,24H,4-7,10,15-18H2,1H3,(H,28,31). The van der Waals surface area contributed by atoms with Gasteiger partial charge in [-0.1, -0.05) is 46.6 Å². The molecular formula is C26H32BrN3O2. The number of hydrogen-bond acceptors (Lipinski definition) is 3. The first kappa shape index (κ1) is 23.0. The van der Waals surface area contributed by atoms with Crippen molar-refractivity contribution >= 4 is 27.7 Å². The molecule has 2 aromatic carbocycles. The zero-order valence-corrected chi connectivity index (χ0v) is 20.3. The third-order valence-corrected chi connectivity index (χ3v) is 7.32. The van der Waals surface area contributed by atoms with Crippen LogP contribution in [0.2, 0.25) is 0 Å². The summed E-state index contributed by atoms with van der Waals surface area (Å²) >= 11 is 3.40. The summed E-state index contributed by atoms with van der Waals surface area (Å²) in [5.41, 5.74) is 3.05. The number of hydrogen-bond donors (Lipinski definition) is 1.